The van der Waals surface area contributed by atoms with Crippen molar-refractivity contribution < 1.29 is 18.0 Å². The van der Waals surface area contributed by atoms with E-state index in [1.165, 1.54) is 28.2 Å². The van der Waals surface area contributed by atoms with E-state index in [2.05, 4.69) is 22.2 Å². The van der Waals surface area contributed by atoms with E-state index in [1.54, 1.807) is 16.4 Å². The molecule has 1 atom stereocenters. The highest BCUT2D eigenvalue weighted by Crippen LogP contribution is 2.38. The van der Waals surface area contributed by atoms with Crippen LogP contribution in [0.25, 0.3) is 0 Å². The van der Waals surface area contributed by atoms with Crippen LogP contribution >= 0.6 is 11.3 Å². The first-order valence-corrected chi connectivity index (χ1v) is 16.3. The second-order valence-electron chi connectivity index (χ2n) is 10.6. The largest absolute Gasteiger partial charge is 0.313 e. The van der Waals surface area contributed by atoms with Crippen LogP contribution in [0.5, 0.6) is 0 Å². The highest BCUT2D eigenvalue weighted by Gasteiger charge is 2.33. The van der Waals surface area contributed by atoms with Crippen LogP contribution in [-0.2, 0) is 23.0 Å². The second-order valence-corrected chi connectivity index (χ2v) is 13.6. The molecule has 1 amide bonds. The van der Waals surface area contributed by atoms with E-state index in [-0.39, 0.29) is 22.8 Å². The summed E-state index contributed by atoms with van der Waals surface area (Å²) in [4.78, 5) is 30.7. The molecule has 9 nitrogen and oxygen atoms in total. The van der Waals surface area contributed by atoms with Crippen molar-refractivity contribution in [3.05, 3.63) is 63.3 Å². The zero-order valence-corrected chi connectivity index (χ0v) is 25.2. The minimum absolute atomic E-state index is 0.00777. The van der Waals surface area contributed by atoms with E-state index in [4.69, 9.17) is 0 Å². The zero-order valence-electron chi connectivity index (χ0n) is 23.6. The third-order valence-electron chi connectivity index (χ3n) is 7.99. The number of carbonyl (C=O) groups is 2. The van der Waals surface area contributed by atoms with Crippen molar-refractivity contribution in [2.75, 3.05) is 25.0 Å². The molecule has 0 bridgehead atoms. The molecule has 2 aliphatic heterocycles. The molecule has 4 heterocycles. The minimum Gasteiger partial charge on any atom is -0.313 e. The fraction of sp³-hybridized carbons (Fsp3) is 0.483. The number of benzene rings is 1. The molecule has 11 heteroatoms. The fourth-order valence-corrected chi connectivity index (χ4v) is 8.81. The molecule has 0 radical (unpaired) electrons. The first-order chi connectivity index (χ1) is 19.1. The number of aromatic nitrogens is 2. The van der Waals surface area contributed by atoms with Crippen LogP contribution in [0, 0.1) is 13.8 Å². The van der Waals surface area contributed by atoms with Gasteiger partial charge in [-0.3, -0.25) is 14.5 Å². The van der Waals surface area contributed by atoms with E-state index in [1.807, 2.05) is 26.8 Å². The molecule has 214 valence electrons. The monoisotopic (exact) mass is 583 g/mol. The van der Waals surface area contributed by atoms with E-state index < -0.39 is 10.0 Å². The molecule has 1 fully saturated rings. The van der Waals surface area contributed by atoms with Gasteiger partial charge in [-0.05, 0) is 82.0 Å². The molecule has 0 spiro atoms. The summed E-state index contributed by atoms with van der Waals surface area (Å²) in [6, 6.07) is 7.96. The number of rotatable bonds is 7. The predicted octanol–water partition coefficient (Wildman–Crippen LogP) is 4.83. The maximum Gasteiger partial charge on any atom is 0.281 e. The fourth-order valence-electron chi connectivity index (χ4n) is 5.77. The molecule has 2 aromatic heterocycles. The van der Waals surface area contributed by atoms with Gasteiger partial charge in [0.25, 0.3) is 11.8 Å². The SMILES string of the molecule is CCC1CCCCN1S(=O)(=O)c1ccc(C(=O)Nc2sc3c(c2C(=O)n2nc(C)cc2C)CCN(CC)C3)cc1. The van der Waals surface area contributed by atoms with Gasteiger partial charge >= 0.3 is 0 Å². The van der Waals surface area contributed by atoms with Gasteiger partial charge in [0.1, 0.15) is 5.00 Å². The molecular weight excluding hydrogens is 546 g/mol. The van der Waals surface area contributed by atoms with Crippen molar-refractivity contribution in [2.24, 2.45) is 0 Å². The number of nitrogens with one attached hydrogen (secondary N) is 1. The molecule has 1 aromatic carbocycles. The summed E-state index contributed by atoms with van der Waals surface area (Å²) in [6.45, 7) is 10.8. The first kappa shape index (κ1) is 28.7. The summed E-state index contributed by atoms with van der Waals surface area (Å²) in [7, 11) is -3.64. The maximum absolute atomic E-state index is 13.7. The lowest BCUT2D eigenvalue weighted by atomic mass is 10.0. The molecule has 3 aromatic rings. The van der Waals surface area contributed by atoms with E-state index in [9.17, 15) is 18.0 Å². The highest BCUT2D eigenvalue weighted by molar-refractivity contribution is 7.89. The van der Waals surface area contributed by atoms with Crippen molar-refractivity contribution in [2.45, 2.75) is 77.3 Å². The lowest BCUT2D eigenvalue weighted by molar-refractivity contribution is 0.0942. The van der Waals surface area contributed by atoms with Gasteiger partial charge in [0.05, 0.1) is 16.2 Å². The Kier molecular flexibility index (Phi) is 8.28. The molecule has 2 aliphatic rings. The molecule has 0 aliphatic carbocycles. The summed E-state index contributed by atoms with van der Waals surface area (Å²) < 4.78 is 29.7. The lowest BCUT2D eigenvalue weighted by Gasteiger charge is -2.34. The van der Waals surface area contributed by atoms with Crippen molar-refractivity contribution >= 4 is 38.2 Å². The zero-order chi connectivity index (χ0) is 28.6. The van der Waals surface area contributed by atoms with Crippen molar-refractivity contribution in [3.63, 3.8) is 0 Å². The number of sulfonamides is 1. The predicted molar refractivity (Wildman–Crippen MR) is 157 cm³/mol. The van der Waals surface area contributed by atoms with Crippen LogP contribution in [-0.4, -0.2) is 64.9 Å². The van der Waals surface area contributed by atoms with Crippen molar-refractivity contribution in [3.8, 4) is 0 Å². The van der Waals surface area contributed by atoms with Gasteiger partial charge in [0, 0.05) is 41.8 Å². The number of hydrogen-bond acceptors (Lipinski definition) is 7. The normalized spacial score (nSPS) is 18.4. The summed E-state index contributed by atoms with van der Waals surface area (Å²) in [5.41, 5.74) is 3.28. The number of amides is 1. The molecule has 40 heavy (non-hydrogen) atoms. The highest BCUT2D eigenvalue weighted by atomic mass is 32.2. The second kappa shape index (κ2) is 11.6. The van der Waals surface area contributed by atoms with Crippen LogP contribution in [0.4, 0.5) is 5.00 Å². The number of anilines is 1. The molecule has 0 saturated carbocycles. The number of aryl methyl sites for hydroxylation is 2. The van der Waals surface area contributed by atoms with Gasteiger partial charge in [-0.1, -0.05) is 20.3 Å². The number of likely N-dealkylation sites (N-methyl/N-ethyl adjacent to an activating group) is 1. The third kappa shape index (κ3) is 5.39. The summed E-state index contributed by atoms with van der Waals surface area (Å²) >= 11 is 1.43. The number of carbonyl (C=O) groups excluding carboxylic acids is 2. The van der Waals surface area contributed by atoms with Crippen molar-refractivity contribution in [1.29, 1.82) is 0 Å². The summed E-state index contributed by atoms with van der Waals surface area (Å²) in [6.07, 6.45) is 4.26. The Morgan fingerprint density at radius 3 is 2.50 bits per heavy atom. The number of nitrogens with zero attached hydrogens (tertiary/aromatic N) is 4. The van der Waals surface area contributed by atoms with Crippen LogP contribution < -0.4 is 5.32 Å². The van der Waals surface area contributed by atoms with Gasteiger partial charge < -0.3 is 5.32 Å². The average Bonchev–Trinajstić information content (AvgIpc) is 3.49. The Morgan fingerprint density at radius 1 is 1.10 bits per heavy atom. The first-order valence-electron chi connectivity index (χ1n) is 14.0. The van der Waals surface area contributed by atoms with Gasteiger partial charge in [-0.15, -0.1) is 11.3 Å². The Balaban J connectivity index is 1.42. The van der Waals surface area contributed by atoms with Crippen LogP contribution in [0.15, 0.2) is 35.2 Å². The Labute approximate surface area is 240 Å². The minimum atomic E-state index is -3.64. The lowest BCUT2D eigenvalue weighted by Crippen LogP contribution is -2.43. The summed E-state index contributed by atoms with van der Waals surface area (Å²) in [5.74, 6) is -0.640. The van der Waals surface area contributed by atoms with Gasteiger partial charge in [-0.2, -0.15) is 9.40 Å². The molecule has 1 N–H and O–H groups in total. The van der Waals surface area contributed by atoms with Gasteiger partial charge in [-0.25, -0.2) is 13.1 Å². The summed E-state index contributed by atoms with van der Waals surface area (Å²) in [5, 5.41) is 7.87. The van der Waals surface area contributed by atoms with Gasteiger partial charge in [0.2, 0.25) is 10.0 Å². The van der Waals surface area contributed by atoms with Crippen molar-refractivity contribution in [1.82, 2.24) is 19.0 Å². The molecule has 1 unspecified atom stereocenters. The standard InChI is InChI=1S/C29H37N5O4S2/c1-5-22-9-7-8-15-33(22)40(37,38)23-12-10-21(11-13-23)27(35)30-28-26(29(36)34-20(4)17-19(3)31-34)24-14-16-32(6-2)18-25(24)39-28/h10-13,17,22H,5-9,14-16,18H2,1-4H3,(H,30,35). The van der Waals surface area contributed by atoms with E-state index in [0.717, 1.165) is 73.6 Å². The Morgan fingerprint density at radius 2 is 1.85 bits per heavy atom. The topological polar surface area (TPSA) is 105 Å². The third-order valence-corrected chi connectivity index (χ3v) is 11.1. The average molecular weight is 584 g/mol. The number of hydrogen-bond donors (Lipinski definition) is 1. The van der Waals surface area contributed by atoms with Crippen LogP contribution in [0.3, 0.4) is 0 Å². The quantitative estimate of drug-likeness (QED) is 0.427. The van der Waals surface area contributed by atoms with E-state index >= 15 is 0 Å². The van der Waals surface area contributed by atoms with E-state index in [0.29, 0.717) is 22.7 Å². The number of piperidine rings is 1. The van der Waals surface area contributed by atoms with Crippen LogP contribution in [0.1, 0.15) is 82.1 Å². The number of fused-ring (bicyclic) bond motifs is 1. The Hall–Kier alpha value is -2.86. The molecule has 5 rings (SSSR count). The molecular formula is C29H37N5O4S2. The Bertz CT molecular complexity index is 1520. The smallest absolute Gasteiger partial charge is 0.281 e. The molecule has 1 saturated heterocycles. The van der Waals surface area contributed by atoms with Gasteiger partial charge in [0.15, 0.2) is 0 Å². The maximum atomic E-state index is 13.7. The number of thiophene rings is 1. The van der Waals surface area contributed by atoms with Crippen LogP contribution in [0.2, 0.25) is 0 Å².